The van der Waals surface area contributed by atoms with Crippen LogP contribution < -0.4 is 10.9 Å². The van der Waals surface area contributed by atoms with E-state index in [4.69, 9.17) is 0 Å². The maximum absolute atomic E-state index is 13.1. The largest absolute Gasteiger partial charge is 0.329 e. The number of amides is 1. The molecule has 6 heteroatoms. The number of aromatic nitrogens is 2. The Labute approximate surface area is 146 Å². The van der Waals surface area contributed by atoms with Crippen molar-refractivity contribution in [2.75, 3.05) is 19.6 Å². The molecular formula is C19H22N4O2. The summed E-state index contributed by atoms with van der Waals surface area (Å²) in [6, 6.07) is 5.56. The quantitative estimate of drug-likeness (QED) is 0.868. The average molecular weight is 338 g/mol. The number of H-pyrrole nitrogens is 1. The standard InChI is InChI=1S/C19H22N4O2/c24-18-15(10-13-4-1-2-6-16(13)22-18)19(25)23-9-8-21-12-17(23)14-5-3-7-20-11-14/h3,5,7,10-11,17,21H,1-2,4,6,8-9,12H2,(H,22,24). The van der Waals surface area contributed by atoms with Crippen molar-refractivity contribution >= 4 is 5.91 Å². The second-order valence-corrected chi connectivity index (χ2v) is 6.73. The minimum Gasteiger partial charge on any atom is -0.329 e. The molecule has 0 spiro atoms. The molecule has 0 saturated carbocycles. The van der Waals surface area contributed by atoms with Crippen LogP contribution in [-0.4, -0.2) is 40.4 Å². The maximum Gasteiger partial charge on any atom is 0.261 e. The van der Waals surface area contributed by atoms with E-state index >= 15 is 0 Å². The molecule has 2 aromatic heterocycles. The maximum atomic E-state index is 13.1. The number of fused-ring (bicyclic) bond motifs is 1. The highest BCUT2D eigenvalue weighted by Crippen LogP contribution is 2.24. The Bertz CT molecular complexity index is 831. The predicted octanol–water partition coefficient (Wildman–Crippen LogP) is 1.44. The number of aryl methyl sites for hydroxylation is 2. The number of aromatic amines is 1. The van der Waals surface area contributed by atoms with Gasteiger partial charge in [-0.15, -0.1) is 0 Å². The van der Waals surface area contributed by atoms with Crippen molar-refractivity contribution in [1.82, 2.24) is 20.2 Å². The number of carbonyl (C=O) groups is 1. The molecule has 0 radical (unpaired) electrons. The zero-order chi connectivity index (χ0) is 17.2. The molecule has 1 aliphatic heterocycles. The van der Waals surface area contributed by atoms with Gasteiger partial charge >= 0.3 is 0 Å². The van der Waals surface area contributed by atoms with Crippen LogP contribution in [0.5, 0.6) is 0 Å². The minimum absolute atomic E-state index is 0.106. The van der Waals surface area contributed by atoms with Crippen LogP contribution in [0.15, 0.2) is 35.4 Å². The van der Waals surface area contributed by atoms with Crippen LogP contribution in [0, 0.1) is 0 Å². The van der Waals surface area contributed by atoms with Crippen LogP contribution in [0.3, 0.4) is 0 Å². The fraction of sp³-hybridized carbons (Fsp3) is 0.421. The third-order valence-corrected chi connectivity index (χ3v) is 5.14. The topological polar surface area (TPSA) is 78.1 Å². The molecule has 130 valence electrons. The molecule has 1 saturated heterocycles. The summed E-state index contributed by atoms with van der Waals surface area (Å²) in [6.07, 6.45) is 7.54. The first-order valence-electron chi connectivity index (χ1n) is 8.91. The second-order valence-electron chi connectivity index (χ2n) is 6.73. The van der Waals surface area contributed by atoms with Gasteiger partial charge in [0.15, 0.2) is 0 Å². The van der Waals surface area contributed by atoms with Gasteiger partial charge in [-0.2, -0.15) is 0 Å². The molecule has 2 aromatic rings. The number of hydrogen-bond donors (Lipinski definition) is 2. The molecule has 2 N–H and O–H groups in total. The van der Waals surface area contributed by atoms with Crippen molar-refractivity contribution in [2.45, 2.75) is 31.7 Å². The molecule has 1 aliphatic carbocycles. The summed E-state index contributed by atoms with van der Waals surface area (Å²) in [5.74, 6) is -0.190. The highest BCUT2D eigenvalue weighted by Gasteiger charge is 2.30. The number of pyridine rings is 2. The SMILES string of the molecule is O=C(c1cc2c([nH]c1=O)CCCC2)N1CCNCC1c1cccnc1. The molecule has 6 nitrogen and oxygen atoms in total. The summed E-state index contributed by atoms with van der Waals surface area (Å²) in [5.41, 5.74) is 3.09. The van der Waals surface area contributed by atoms with Gasteiger partial charge in [-0.25, -0.2) is 0 Å². The van der Waals surface area contributed by atoms with E-state index in [1.165, 1.54) is 0 Å². The van der Waals surface area contributed by atoms with Gasteiger partial charge in [0.25, 0.3) is 11.5 Å². The van der Waals surface area contributed by atoms with Crippen molar-refractivity contribution < 1.29 is 4.79 Å². The van der Waals surface area contributed by atoms with Gasteiger partial charge in [0.2, 0.25) is 0 Å². The number of nitrogens with zero attached hydrogens (tertiary/aromatic N) is 2. The van der Waals surface area contributed by atoms with Gasteiger partial charge in [-0.05, 0) is 48.9 Å². The summed E-state index contributed by atoms with van der Waals surface area (Å²) in [5, 5.41) is 3.33. The van der Waals surface area contributed by atoms with Gasteiger partial charge in [-0.3, -0.25) is 14.6 Å². The zero-order valence-electron chi connectivity index (χ0n) is 14.1. The molecule has 1 fully saturated rings. The molecule has 3 heterocycles. The monoisotopic (exact) mass is 338 g/mol. The summed E-state index contributed by atoms with van der Waals surface area (Å²) in [4.78, 5) is 34.5. The van der Waals surface area contributed by atoms with Crippen LogP contribution >= 0.6 is 0 Å². The summed E-state index contributed by atoms with van der Waals surface area (Å²) >= 11 is 0. The van der Waals surface area contributed by atoms with Crippen molar-refractivity contribution in [3.8, 4) is 0 Å². The van der Waals surface area contributed by atoms with Gasteiger partial charge in [-0.1, -0.05) is 6.07 Å². The van der Waals surface area contributed by atoms with Crippen molar-refractivity contribution in [2.24, 2.45) is 0 Å². The molecule has 1 atom stereocenters. The van der Waals surface area contributed by atoms with E-state index in [1.54, 1.807) is 17.3 Å². The molecule has 25 heavy (non-hydrogen) atoms. The van der Waals surface area contributed by atoms with E-state index in [2.05, 4.69) is 15.3 Å². The molecular weight excluding hydrogens is 316 g/mol. The number of piperazine rings is 1. The summed E-state index contributed by atoms with van der Waals surface area (Å²) < 4.78 is 0. The van der Waals surface area contributed by atoms with Crippen LogP contribution in [0.4, 0.5) is 0 Å². The van der Waals surface area contributed by atoms with Crippen molar-refractivity contribution in [3.63, 3.8) is 0 Å². The Morgan fingerprint density at radius 3 is 3.00 bits per heavy atom. The molecule has 0 aromatic carbocycles. The first kappa shape index (κ1) is 16.0. The van der Waals surface area contributed by atoms with Gasteiger partial charge < -0.3 is 15.2 Å². The van der Waals surface area contributed by atoms with E-state index in [1.807, 2.05) is 18.2 Å². The van der Waals surface area contributed by atoms with E-state index < -0.39 is 0 Å². The molecule has 0 bridgehead atoms. The zero-order valence-corrected chi connectivity index (χ0v) is 14.1. The first-order valence-corrected chi connectivity index (χ1v) is 8.91. The van der Waals surface area contributed by atoms with Crippen molar-refractivity contribution in [1.29, 1.82) is 0 Å². The third-order valence-electron chi connectivity index (χ3n) is 5.14. The molecule has 4 rings (SSSR count). The fourth-order valence-corrected chi connectivity index (χ4v) is 3.81. The summed E-state index contributed by atoms with van der Waals surface area (Å²) in [6.45, 7) is 1.97. The van der Waals surface area contributed by atoms with Crippen LogP contribution in [-0.2, 0) is 12.8 Å². The molecule has 2 aliphatic rings. The second kappa shape index (κ2) is 6.80. The van der Waals surface area contributed by atoms with Gasteiger partial charge in [0.1, 0.15) is 5.56 Å². The Kier molecular flexibility index (Phi) is 4.36. The van der Waals surface area contributed by atoms with E-state index in [9.17, 15) is 9.59 Å². The lowest BCUT2D eigenvalue weighted by atomic mass is 9.94. The Morgan fingerprint density at radius 2 is 2.16 bits per heavy atom. The Hall–Kier alpha value is -2.47. The van der Waals surface area contributed by atoms with E-state index in [-0.39, 0.29) is 23.1 Å². The molecule has 1 amide bonds. The molecule has 1 unspecified atom stereocenters. The highest BCUT2D eigenvalue weighted by atomic mass is 16.2. The average Bonchev–Trinajstić information content (AvgIpc) is 2.67. The number of rotatable bonds is 2. The minimum atomic E-state index is -0.269. The summed E-state index contributed by atoms with van der Waals surface area (Å²) in [7, 11) is 0. The third kappa shape index (κ3) is 3.09. The van der Waals surface area contributed by atoms with Crippen LogP contribution in [0.2, 0.25) is 0 Å². The van der Waals surface area contributed by atoms with E-state index in [0.717, 1.165) is 49.0 Å². The Balaban J connectivity index is 1.68. The normalized spacial score (nSPS) is 20.2. The van der Waals surface area contributed by atoms with Gasteiger partial charge in [0.05, 0.1) is 6.04 Å². The van der Waals surface area contributed by atoms with E-state index in [0.29, 0.717) is 13.1 Å². The number of carbonyl (C=O) groups excluding carboxylic acids is 1. The lowest BCUT2D eigenvalue weighted by Gasteiger charge is -2.36. The number of hydrogen-bond acceptors (Lipinski definition) is 4. The van der Waals surface area contributed by atoms with Gasteiger partial charge in [0, 0.05) is 37.7 Å². The highest BCUT2D eigenvalue weighted by molar-refractivity contribution is 5.94. The fourth-order valence-electron chi connectivity index (χ4n) is 3.81. The smallest absolute Gasteiger partial charge is 0.261 e. The lowest BCUT2D eigenvalue weighted by Crippen LogP contribution is -2.49. The Morgan fingerprint density at radius 1 is 1.28 bits per heavy atom. The predicted molar refractivity (Wildman–Crippen MR) is 94.6 cm³/mol. The van der Waals surface area contributed by atoms with Crippen LogP contribution in [0.1, 0.15) is 46.1 Å². The number of nitrogens with one attached hydrogen (secondary N) is 2. The lowest BCUT2D eigenvalue weighted by molar-refractivity contribution is 0.0632. The first-order chi connectivity index (χ1) is 12.2. The van der Waals surface area contributed by atoms with Crippen LogP contribution in [0.25, 0.3) is 0 Å². The van der Waals surface area contributed by atoms with Crippen molar-refractivity contribution in [3.05, 3.63) is 63.3 Å².